The van der Waals surface area contributed by atoms with Gasteiger partial charge in [-0.1, -0.05) is 23.2 Å². The highest BCUT2D eigenvalue weighted by atomic mass is 35.5. The molecule has 2 atom stereocenters. The molecule has 3 fully saturated rings. The molecule has 9 nitrogen and oxygen atoms in total. The fourth-order valence-electron chi connectivity index (χ4n) is 5.00. The van der Waals surface area contributed by atoms with E-state index < -0.39 is 6.10 Å². The largest absolute Gasteiger partial charge is 0.388 e. The maximum absolute atomic E-state index is 10.1. The van der Waals surface area contributed by atoms with E-state index in [9.17, 15) is 5.11 Å². The van der Waals surface area contributed by atoms with E-state index in [4.69, 9.17) is 37.7 Å². The molecule has 11 heteroatoms. The van der Waals surface area contributed by atoms with Gasteiger partial charge in [0.05, 0.1) is 49.9 Å². The summed E-state index contributed by atoms with van der Waals surface area (Å²) >= 11 is 13.2. The first-order valence-corrected chi connectivity index (χ1v) is 12.4. The van der Waals surface area contributed by atoms with Crippen LogP contribution in [-0.2, 0) is 9.47 Å². The number of hydrogen-bond acceptors (Lipinski definition) is 8. The van der Waals surface area contributed by atoms with Crippen LogP contribution >= 0.6 is 23.2 Å². The summed E-state index contributed by atoms with van der Waals surface area (Å²) < 4.78 is 12.2. The molecular weight excluding hydrogens is 479 g/mol. The monoisotopic (exact) mass is 504 g/mol. The Hall–Kier alpha value is -2.01. The van der Waals surface area contributed by atoms with Gasteiger partial charge in [0.25, 0.3) is 0 Å². The highest BCUT2D eigenvalue weighted by molar-refractivity contribution is 6.32. The van der Waals surface area contributed by atoms with Gasteiger partial charge in [-0.3, -0.25) is 4.90 Å². The summed E-state index contributed by atoms with van der Waals surface area (Å²) in [4.78, 5) is 11.7. The molecular formula is C23H26Cl2N6O3. The Kier molecular flexibility index (Phi) is 6.09. The summed E-state index contributed by atoms with van der Waals surface area (Å²) in [5.41, 5.74) is 2.54. The van der Waals surface area contributed by atoms with Gasteiger partial charge in [0.2, 0.25) is 5.95 Å². The Morgan fingerprint density at radius 3 is 2.53 bits per heavy atom. The molecule has 2 aromatic heterocycles. The van der Waals surface area contributed by atoms with Crippen LogP contribution in [0.4, 0.5) is 11.6 Å². The molecule has 6 rings (SSSR count). The van der Waals surface area contributed by atoms with Crippen molar-refractivity contribution in [2.75, 3.05) is 44.8 Å². The number of rotatable bonds is 5. The van der Waals surface area contributed by atoms with Crippen molar-refractivity contribution in [1.29, 1.82) is 0 Å². The molecule has 1 aromatic carbocycles. The van der Waals surface area contributed by atoms with E-state index in [1.54, 1.807) is 17.1 Å². The van der Waals surface area contributed by atoms with Crippen molar-refractivity contribution in [2.24, 2.45) is 0 Å². The van der Waals surface area contributed by atoms with Gasteiger partial charge in [0, 0.05) is 16.6 Å². The second kappa shape index (κ2) is 9.22. The molecule has 0 radical (unpaired) electrons. The van der Waals surface area contributed by atoms with Crippen LogP contribution in [0.3, 0.4) is 0 Å². The maximum Gasteiger partial charge on any atom is 0.227 e. The van der Waals surface area contributed by atoms with Gasteiger partial charge in [0.1, 0.15) is 12.1 Å². The number of aromatic nitrogens is 4. The molecule has 34 heavy (non-hydrogen) atoms. The van der Waals surface area contributed by atoms with E-state index >= 15 is 0 Å². The van der Waals surface area contributed by atoms with Gasteiger partial charge in [0.15, 0.2) is 5.15 Å². The molecule has 0 aliphatic carbocycles. The van der Waals surface area contributed by atoms with Crippen molar-refractivity contribution in [2.45, 2.75) is 36.9 Å². The Balaban J connectivity index is 1.21. The van der Waals surface area contributed by atoms with Crippen LogP contribution in [0.2, 0.25) is 10.2 Å². The van der Waals surface area contributed by atoms with Gasteiger partial charge in [-0.25, -0.2) is 14.6 Å². The van der Waals surface area contributed by atoms with E-state index in [1.165, 1.54) is 0 Å². The zero-order valence-corrected chi connectivity index (χ0v) is 20.0. The summed E-state index contributed by atoms with van der Waals surface area (Å²) in [6, 6.07) is 4.31. The van der Waals surface area contributed by atoms with Crippen molar-refractivity contribution >= 4 is 45.7 Å². The van der Waals surface area contributed by atoms with Gasteiger partial charge >= 0.3 is 0 Å². The Morgan fingerprint density at radius 1 is 1.03 bits per heavy atom. The van der Waals surface area contributed by atoms with Crippen molar-refractivity contribution in [3.8, 4) is 0 Å². The Morgan fingerprint density at radius 2 is 1.82 bits per heavy atom. The Bertz CT molecular complexity index is 1190. The van der Waals surface area contributed by atoms with Crippen molar-refractivity contribution in [3.05, 3.63) is 40.3 Å². The third-order valence-corrected chi connectivity index (χ3v) is 7.83. The zero-order chi connectivity index (χ0) is 23.2. The van der Waals surface area contributed by atoms with Crippen molar-refractivity contribution in [3.63, 3.8) is 0 Å². The van der Waals surface area contributed by atoms with E-state index in [0.29, 0.717) is 35.4 Å². The second-order valence-corrected chi connectivity index (χ2v) is 9.98. The predicted molar refractivity (Wildman–Crippen MR) is 129 cm³/mol. The van der Waals surface area contributed by atoms with Crippen LogP contribution in [-0.4, -0.2) is 81.4 Å². The fraction of sp³-hybridized carbons (Fsp3) is 0.522. The van der Waals surface area contributed by atoms with Crippen LogP contribution in [0.15, 0.2) is 24.5 Å². The van der Waals surface area contributed by atoms with E-state index in [0.717, 1.165) is 60.6 Å². The van der Waals surface area contributed by atoms with Crippen LogP contribution in [0.5, 0.6) is 0 Å². The first kappa shape index (κ1) is 22.5. The number of benzene rings is 1. The van der Waals surface area contributed by atoms with Crippen LogP contribution in [0.1, 0.15) is 30.4 Å². The number of fused-ring (bicyclic) bond motifs is 1. The molecule has 0 saturated carbocycles. The molecule has 2 N–H and O–H groups in total. The lowest BCUT2D eigenvalue weighted by Gasteiger charge is -2.41. The number of nitrogens with one attached hydrogen (secondary N) is 1. The molecule has 3 aromatic rings. The quantitative estimate of drug-likeness (QED) is 0.545. The van der Waals surface area contributed by atoms with Gasteiger partial charge in [-0.05, 0) is 49.5 Å². The molecule has 3 aliphatic heterocycles. The molecule has 0 bridgehead atoms. The van der Waals surface area contributed by atoms with E-state index in [-0.39, 0.29) is 12.6 Å². The highest BCUT2D eigenvalue weighted by Crippen LogP contribution is 2.36. The van der Waals surface area contributed by atoms with Crippen LogP contribution < -0.4 is 5.32 Å². The minimum atomic E-state index is -0.640. The Labute approximate surface area is 207 Å². The number of ether oxygens (including phenoxy) is 2. The van der Waals surface area contributed by atoms with Crippen LogP contribution in [0, 0.1) is 0 Å². The lowest BCUT2D eigenvalue weighted by molar-refractivity contribution is -0.0712. The van der Waals surface area contributed by atoms with Gasteiger partial charge in [-0.2, -0.15) is 5.10 Å². The number of aliphatic hydroxyl groups is 1. The fourth-order valence-corrected chi connectivity index (χ4v) is 5.59. The number of anilines is 2. The second-order valence-electron chi connectivity index (χ2n) is 9.22. The molecule has 5 heterocycles. The van der Waals surface area contributed by atoms with Crippen molar-refractivity contribution in [1.82, 2.24) is 24.6 Å². The van der Waals surface area contributed by atoms with E-state index in [1.807, 2.05) is 6.07 Å². The summed E-state index contributed by atoms with van der Waals surface area (Å²) in [6.45, 7) is 4.47. The van der Waals surface area contributed by atoms with Crippen LogP contribution in [0.25, 0.3) is 10.9 Å². The molecule has 180 valence electrons. The summed E-state index contributed by atoms with van der Waals surface area (Å²) in [5, 5.41) is 19.6. The predicted octanol–water partition coefficient (Wildman–Crippen LogP) is 3.39. The summed E-state index contributed by atoms with van der Waals surface area (Å²) in [5.74, 6) is 0.832. The number of aliphatic hydroxyl groups excluding tert-OH is 1. The number of halogens is 2. The lowest BCUT2D eigenvalue weighted by Crippen LogP contribution is -2.51. The average Bonchev–Trinajstić information content (AvgIpc) is 3.38. The third-order valence-electron chi connectivity index (χ3n) is 7.12. The van der Waals surface area contributed by atoms with Crippen molar-refractivity contribution < 1.29 is 14.6 Å². The first-order chi connectivity index (χ1) is 16.6. The van der Waals surface area contributed by atoms with Gasteiger partial charge < -0.3 is 19.9 Å². The third kappa shape index (κ3) is 4.14. The topological polar surface area (TPSA) is 97.6 Å². The smallest absolute Gasteiger partial charge is 0.227 e. The minimum Gasteiger partial charge on any atom is -0.388 e. The summed E-state index contributed by atoms with van der Waals surface area (Å²) in [7, 11) is 0. The molecule has 3 aliphatic rings. The standard InChI is InChI=1S/C23H26Cl2N6O3/c24-17-5-14-7-26-23(29-19-8-27-31(22(19)25)20-11-34-12-21(20)32)28-18(14)6-16(17)13-1-3-30(4-2-13)15-9-33-10-15/h5-8,13,15,20-21,32H,1-4,9-12H2,(H,26,28,29). The first-order valence-electron chi connectivity index (χ1n) is 11.6. The summed E-state index contributed by atoms with van der Waals surface area (Å²) in [6.07, 6.45) is 4.87. The number of piperidine rings is 1. The number of nitrogens with zero attached hydrogens (tertiary/aromatic N) is 5. The zero-order valence-electron chi connectivity index (χ0n) is 18.5. The van der Waals surface area contributed by atoms with E-state index in [2.05, 4.69) is 26.4 Å². The normalized spacial score (nSPS) is 24.6. The minimum absolute atomic E-state index is 0.274. The molecule has 0 spiro atoms. The SMILES string of the molecule is OC1COCC1n1ncc(Nc2ncc3cc(Cl)c(C4CCN(C5COC5)CC4)cc3n2)c1Cl. The number of hydrogen-bond donors (Lipinski definition) is 2. The van der Waals surface area contributed by atoms with Gasteiger partial charge in [-0.15, -0.1) is 0 Å². The maximum atomic E-state index is 10.1. The lowest BCUT2D eigenvalue weighted by atomic mass is 9.88. The number of likely N-dealkylation sites (tertiary alicyclic amines) is 1. The molecule has 0 amide bonds. The highest BCUT2D eigenvalue weighted by Gasteiger charge is 2.32. The average molecular weight is 505 g/mol. The molecule has 2 unspecified atom stereocenters. The molecule has 3 saturated heterocycles.